The van der Waals surface area contributed by atoms with Crippen LogP contribution in [0, 0.1) is 5.92 Å². The fraction of sp³-hybridized carbons (Fsp3) is 0.333. The minimum Gasteiger partial charge on any atom is -0.504 e. The van der Waals surface area contributed by atoms with E-state index in [-0.39, 0.29) is 17.6 Å². The second kappa shape index (κ2) is 7.16. The number of hydrogen-bond acceptors (Lipinski definition) is 6. The number of benzene rings is 2. The first-order valence-corrected chi connectivity index (χ1v) is 9.30. The normalized spacial score (nSPS) is 24.0. The lowest BCUT2D eigenvalue weighted by Crippen LogP contribution is -2.37. The number of hydrogen-bond donors (Lipinski definition) is 1. The summed E-state index contributed by atoms with van der Waals surface area (Å²) in [4.78, 5) is 33.2. The molecule has 0 bridgehead atoms. The van der Waals surface area contributed by atoms with Crippen LogP contribution in [0.3, 0.4) is 0 Å². The van der Waals surface area contributed by atoms with Crippen LogP contribution in [0.15, 0.2) is 48.5 Å². The van der Waals surface area contributed by atoms with E-state index in [1.165, 1.54) is 18.1 Å². The molecule has 2 saturated heterocycles. The highest BCUT2D eigenvalue weighted by atomic mass is 16.7. The van der Waals surface area contributed by atoms with Crippen molar-refractivity contribution >= 4 is 17.5 Å². The summed E-state index contributed by atoms with van der Waals surface area (Å²) in [5.74, 6) is -0.877. The van der Waals surface area contributed by atoms with Crippen LogP contribution in [0.2, 0.25) is 0 Å². The predicted octanol–water partition coefficient (Wildman–Crippen LogP) is 2.66. The molecule has 0 saturated carbocycles. The maximum atomic E-state index is 13.1. The van der Waals surface area contributed by atoms with Crippen molar-refractivity contribution in [3.8, 4) is 11.5 Å². The number of methoxy groups -OCH3 is 1. The summed E-state index contributed by atoms with van der Waals surface area (Å²) in [6.07, 6.45) is -0.166. The van der Waals surface area contributed by atoms with E-state index in [2.05, 4.69) is 0 Å². The highest BCUT2D eigenvalue weighted by Crippen LogP contribution is 2.47. The first kappa shape index (κ1) is 18.3. The Bertz CT molecular complexity index is 901. The van der Waals surface area contributed by atoms with Crippen molar-refractivity contribution in [3.05, 3.63) is 54.1 Å². The van der Waals surface area contributed by atoms with Gasteiger partial charge in [0.1, 0.15) is 5.92 Å². The van der Waals surface area contributed by atoms with Gasteiger partial charge in [0.25, 0.3) is 5.91 Å². The summed E-state index contributed by atoms with van der Waals surface area (Å²) in [6, 6.07) is 13.8. The van der Waals surface area contributed by atoms with Gasteiger partial charge in [0.15, 0.2) is 17.6 Å². The van der Waals surface area contributed by atoms with Crippen LogP contribution in [0.25, 0.3) is 0 Å². The molecule has 0 aromatic heterocycles. The molecule has 4 rings (SSSR count). The molecule has 0 unspecified atom stereocenters. The topological polar surface area (TPSA) is 79.3 Å². The highest BCUT2D eigenvalue weighted by Gasteiger charge is 2.59. The number of ether oxygens (including phenoxy) is 1. The molecule has 0 spiro atoms. The largest absolute Gasteiger partial charge is 0.504 e. The van der Waals surface area contributed by atoms with Crippen LogP contribution in [-0.4, -0.2) is 41.6 Å². The van der Waals surface area contributed by atoms with Gasteiger partial charge in [-0.1, -0.05) is 31.2 Å². The smallest absolute Gasteiger partial charge is 0.261 e. The lowest BCUT2D eigenvalue weighted by molar-refractivity contribution is -0.143. The number of carbonyl (C=O) groups excluding carboxylic acids is 2. The molecular weight excluding hydrogens is 360 g/mol. The molecule has 0 radical (unpaired) electrons. The van der Waals surface area contributed by atoms with Crippen LogP contribution in [0.5, 0.6) is 11.5 Å². The molecule has 7 heteroatoms. The van der Waals surface area contributed by atoms with E-state index in [0.29, 0.717) is 18.7 Å². The number of nitrogens with zero attached hydrogens (tertiary/aromatic N) is 2. The van der Waals surface area contributed by atoms with Crippen molar-refractivity contribution in [3.63, 3.8) is 0 Å². The second-order valence-electron chi connectivity index (χ2n) is 6.92. The van der Waals surface area contributed by atoms with E-state index in [4.69, 9.17) is 9.57 Å². The molecule has 7 nitrogen and oxygen atoms in total. The van der Waals surface area contributed by atoms with Crippen LogP contribution in [0.4, 0.5) is 5.69 Å². The molecule has 146 valence electrons. The van der Waals surface area contributed by atoms with Gasteiger partial charge in [-0.15, -0.1) is 0 Å². The molecular formula is C21H22N2O5. The average molecular weight is 382 g/mol. The van der Waals surface area contributed by atoms with Gasteiger partial charge < -0.3 is 9.84 Å². The number of rotatable bonds is 5. The minimum atomic E-state index is -0.857. The number of imide groups is 1. The number of fused-ring (bicyclic) bond motifs is 1. The fourth-order valence-electron chi connectivity index (χ4n) is 3.93. The van der Waals surface area contributed by atoms with Crippen LogP contribution in [-0.2, 0) is 14.4 Å². The van der Waals surface area contributed by atoms with E-state index in [1.54, 1.807) is 17.2 Å². The van der Waals surface area contributed by atoms with Gasteiger partial charge in [0, 0.05) is 6.54 Å². The SMILES string of the molecule is CCCN1C(=O)[C@H]2[C@H](ON(c3ccccc3)[C@@H]2c2ccc(O)c(OC)c2)C1=O. The van der Waals surface area contributed by atoms with Crippen molar-refractivity contribution in [2.24, 2.45) is 5.92 Å². The maximum absolute atomic E-state index is 13.1. The number of aromatic hydroxyl groups is 1. The highest BCUT2D eigenvalue weighted by molar-refractivity contribution is 6.07. The summed E-state index contributed by atoms with van der Waals surface area (Å²) in [7, 11) is 1.47. The molecule has 3 atom stereocenters. The minimum absolute atomic E-state index is 0.00871. The quantitative estimate of drug-likeness (QED) is 0.801. The van der Waals surface area contributed by atoms with E-state index in [9.17, 15) is 14.7 Å². The van der Waals surface area contributed by atoms with E-state index in [1.807, 2.05) is 37.3 Å². The van der Waals surface area contributed by atoms with Gasteiger partial charge in [-0.3, -0.25) is 19.3 Å². The molecule has 28 heavy (non-hydrogen) atoms. The van der Waals surface area contributed by atoms with Gasteiger partial charge in [0.2, 0.25) is 5.91 Å². The molecule has 2 amide bonds. The van der Waals surface area contributed by atoms with Gasteiger partial charge in [-0.2, -0.15) is 0 Å². The Morgan fingerprint density at radius 3 is 2.54 bits per heavy atom. The zero-order chi connectivity index (χ0) is 19.8. The second-order valence-corrected chi connectivity index (χ2v) is 6.92. The molecule has 2 heterocycles. The Labute approximate surface area is 163 Å². The summed E-state index contributed by atoms with van der Waals surface area (Å²) in [6.45, 7) is 2.30. The average Bonchev–Trinajstić information content (AvgIpc) is 3.21. The first-order chi connectivity index (χ1) is 13.6. The van der Waals surface area contributed by atoms with Crippen LogP contribution < -0.4 is 9.80 Å². The number of anilines is 1. The molecule has 2 aliphatic heterocycles. The number of hydroxylamine groups is 1. The number of para-hydroxylation sites is 1. The third kappa shape index (κ3) is 2.79. The molecule has 2 fully saturated rings. The predicted molar refractivity (Wildman–Crippen MR) is 102 cm³/mol. The summed E-state index contributed by atoms with van der Waals surface area (Å²) in [5.41, 5.74) is 1.47. The zero-order valence-electron chi connectivity index (χ0n) is 15.7. The zero-order valence-corrected chi connectivity index (χ0v) is 15.7. The van der Waals surface area contributed by atoms with Gasteiger partial charge >= 0.3 is 0 Å². The first-order valence-electron chi connectivity index (χ1n) is 9.30. The number of carbonyl (C=O) groups is 2. The fourth-order valence-corrected chi connectivity index (χ4v) is 3.93. The Balaban J connectivity index is 1.80. The summed E-state index contributed by atoms with van der Waals surface area (Å²) in [5, 5.41) is 11.6. The van der Waals surface area contributed by atoms with Crippen molar-refractivity contribution in [2.45, 2.75) is 25.5 Å². The lowest BCUT2D eigenvalue weighted by Gasteiger charge is -2.29. The van der Waals surface area contributed by atoms with E-state index in [0.717, 1.165) is 11.3 Å². The Hall–Kier alpha value is -3.06. The third-order valence-electron chi connectivity index (χ3n) is 5.21. The molecule has 0 aliphatic carbocycles. The Morgan fingerprint density at radius 1 is 1.11 bits per heavy atom. The third-order valence-corrected chi connectivity index (χ3v) is 5.21. The van der Waals surface area contributed by atoms with E-state index < -0.39 is 18.1 Å². The van der Waals surface area contributed by atoms with Gasteiger partial charge in [-0.05, 0) is 36.2 Å². The number of amides is 2. The monoisotopic (exact) mass is 382 g/mol. The van der Waals surface area contributed by atoms with Crippen molar-refractivity contribution in [2.75, 3.05) is 18.7 Å². The van der Waals surface area contributed by atoms with Crippen LogP contribution in [0.1, 0.15) is 24.9 Å². The summed E-state index contributed by atoms with van der Waals surface area (Å²) < 4.78 is 5.23. The van der Waals surface area contributed by atoms with E-state index >= 15 is 0 Å². The molecule has 2 aromatic rings. The molecule has 2 aliphatic rings. The van der Waals surface area contributed by atoms with Crippen LogP contribution >= 0.6 is 0 Å². The number of phenolic OH excluding ortho intramolecular Hbond substituents is 1. The van der Waals surface area contributed by atoms with Crippen molar-refractivity contribution in [1.29, 1.82) is 0 Å². The summed E-state index contributed by atoms with van der Waals surface area (Å²) >= 11 is 0. The standard InChI is InChI=1S/C21H22N2O5/c1-3-11-22-20(25)17-18(13-9-10-15(24)16(12-13)27-2)23(28-19(17)21(22)26)14-7-5-4-6-8-14/h4-10,12,17-19,24H,3,11H2,1-2H3/t17-,18-,19+/m1/s1. The van der Waals surface area contributed by atoms with Gasteiger partial charge in [-0.25, -0.2) is 5.06 Å². The Morgan fingerprint density at radius 2 is 1.86 bits per heavy atom. The molecule has 1 N–H and O–H groups in total. The van der Waals surface area contributed by atoms with Crippen molar-refractivity contribution < 1.29 is 24.3 Å². The van der Waals surface area contributed by atoms with Gasteiger partial charge in [0.05, 0.1) is 18.8 Å². The molecule has 2 aromatic carbocycles. The lowest BCUT2D eigenvalue weighted by atomic mass is 9.90. The maximum Gasteiger partial charge on any atom is 0.261 e. The number of likely N-dealkylation sites (tertiary alicyclic amines) is 1. The number of phenols is 1. The Kier molecular flexibility index (Phi) is 4.68. The van der Waals surface area contributed by atoms with Crippen molar-refractivity contribution in [1.82, 2.24) is 4.90 Å².